The van der Waals surface area contributed by atoms with E-state index in [0.29, 0.717) is 5.92 Å². The highest BCUT2D eigenvalue weighted by molar-refractivity contribution is 5.22. The van der Waals surface area contributed by atoms with E-state index in [1.807, 2.05) is 12.1 Å². The molecule has 0 aliphatic carbocycles. The lowest BCUT2D eigenvalue weighted by molar-refractivity contribution is 0.173. The molecule has 1 aliphatic rings. The van der Waals surface area contributed by atoms with Crippen molar-refractivity contribution in [1.29, 1.82) is 0 Å². The van der Waals surface area contributed by atoms with Crippen molar-refractivity contribution >= 4 is 0 Å². The highest BCUT2D eigenvalue weighted by Gasteiger charge is 2.30. The van der Waals surface area contributed by atoms with Gasteiger partial charge in [-0.1, -0.05) is 12.1 Å². The molecule has 2 heteroatoms. The minimum Gasteiger partial charge on any atom is -0.298 e. The standard InChI is InChI=1S/C14H20FN/c1-14(2,3)16-9-8-12(10-16)11-4-6-13(15)7-5-11/h4-7,12H,8-10H2,1-3H3. The fourth-order valence-corrected chi connectivity index (χ4v) is 2.38. The molecule has 2 rings (SSSR count). The van der Waals surface area contributed by atoms with Crippen LogP contribution in [0.15, 0.2) is 24.3 Å². The Bertz CT molecular complexity index is 350. The summed E-state index contributed by atoms with van der Waals surface area (Å²) in [6, 6.07) is 6.97. The van der Waals surface area contributed by atoms with Gasteiger partial charge in [-0.25, -0.2) is 4.39 Å². The lowest BCUT2D eigenvalue weighted by atomic mass is 9.98. The van der Waals surface area contributed by atoms with E-state index in [-0.39, 0.29) is 11.4 Å². The summed E-state index contributed by atoms with van der Waals surface area (Å²) in [6.07, 6.45) is 1.18. The molecule has 1 aromatic carbocycles. The van der Waals surface area contributed by atoms with Gasteiger partial charge in [0.2, 0.25) is 0 Å². The van der Waals surface area contributed by atoms with Crippen molar-refractivity contribution in [2.45, 2.75) is 38.6 Å². The van der Waals surface area contributed by atoms with Crippen molar-refractivity contribution in [3.05, 3.63) is 35.6 Å². The second-order valence-corrected chi connectivity index (χ2v) is 5.65. The average molecular weight is 221 g/mol. The van der Waals surface area contributed by atoms with Crippen LogP contribution < -0.4 is 0 Å². The molecule has 0 saturated carbocycles. The van der Waals surface area contributed by atoms with Crippen LogP contribution in [0.3, 0.4) is 0 Å². The number of rotatable bonds is 1. The first kappa shape index (κ1) is 11.6. The monoisotopic (exact) mass is 221 g/mol. The first-order valence-corrected chi connectivity index (χ1v) is 5.97. The third kappa shape index (κ3) is 2.43. The van der Waals surface area contributed by atoms with E-state index in [2.05, 4.69) is 25.7 Å². The number of hydrogen-bond donors (Lipinski definition) is 0. The van der Waals surface area contributed by atoms with Crippen LogP contribution in [0, 0.1) is 5.82 Å². The van der Waals surface area contributed by atoms with Gasteiger partial charge in [-0.05, 0) is 57.4 Å². The van der Waals surface area contributed by atoms with Gasteiger partial charge in [-0.2, -0.15) is 0 Å². The van der Waals surface area contributed by atoms with Crippen LogP contribution in [0.2, 0.25) is 0 Å². The van der Waals surface area contributed by atoms with E-state index < -0.39 is 0 Å². The predicted molar refractivity (Wildman–Crippen MR) is 65.1 cm³/mol. The van der Waals surface area contributed by atoms with Gasteiger partial charge in [0.1, 0.15) is 5.82 Å². The number of halogens is 1. The Hall–Kier alpha value is -0.890. The zero-order valence-electron chi connectivity index (χ0n) is 10.3. The molecule has 1 heterocycles. The fourth-order valence-electron chi connectivity index (χ4n) is 2.38. The molecule has 1 atom stereocenters. The molecule has 88 valence electrons. The molecule has 1 unspecified atom stereocenters. The van der Waals surface area contributed by atoms with Gasteiger partial charge in [0, 0.05) is 12.1 Å². The van der Waals surface area contributed by atoms with Gasteiger partial charge >= 0.3 is 0 Å². The van der Waals surface area contributed by atoms with Gasteiger partial charge in [0.25, 0.3) is 0 Å². The van der Waals surface area contributed by atoms with E-state index in [1.54, 1.807) is 12.1 Å². The van der Waals surface area contributed by atoms with Crippen LogP contribution in [-0.4, -0.2) is 23.5 Å². The fraction of sp³-hybridized carbons (Fsp3) is 0.571. The van der Waals surface area contributed by atoms with Crippen LogP contribution in [0.25, 0.3) is 0 Å². The largest absolute Gasteiger partial charge is 0.298 e. The van der Waals surface area contributed by atoms with Crippen molar-refractivity contribution in [2.24, 2.45) is 0 Å². The van der Waals surface area contributed by atoms with E-state index in [1.165, 1.54) is 12.0 Å². The van der Waals surface area contributed by atoms with E-state index in [4.69, 9.17) is 0 Å². The van der Waals surface area contributed by atoms with Crippen molar-refractivity contribution in [2.75, 3.05) is 13.1 Å². The van der Waals surface area contributed by atoms with Crippen LogP contribution in [0.4, 0.5) is 4.39 Å². The molecule has 1 aliphatic heterocycles. The van der Waals surface area contributed by atoms with Crippen LogP contribution in [-0.2, 0) is 0 Å². The summed E-state index contributed by atoms with van der Waals surface area (Å²) in [5.41, 5.74) is 1.52. The Kier molecular flexibility index (Phi) is 3.02. The zero-order valence-corrected chi connectivity index (χ0v) is 10.3. The summed E-state index contributed by atoms with van der Waals surface area (Å²) in [5, 5.41) is 0. The molecule has 0 spiro atoms. The molecular weight excluding hydrogens is 201 g/mol. The Balaban J connectivity index is 2.06. The first-order valence-electron chi connectivity index (χ1n) is 5.97. The summed E-state index contributed by atoms with van der Waals surface area (Å²) < 4.78 is 12.8. The maximum Gasteiger partial charge on any atom is 0.123 e. The first-order chi connectivity index (χ1) is 7.47. The van der Waals surface area contributed by atoms with Crippen molar-refractivity contribution in [3.63, 3.8) is 0 Å². The second-order valence-electron chi connectivity index (χ2n) is 5.65. The molecule has 0 amide bonds. The normalized spacial score (nSPS) is 22.6. The Morgan fingerprint density at radius 1 is 1.19 bits per heavy atom. The third-order valence-corrected chi connectivity index (χ3v) is 3.48. The summed E-state index contributed by atoms with van der Waals surface area (Å²) in [5.74, 6) is 0.425. The molecule has 1 saturated heterocycles. The van der Waals surface area contributed by atoms with Crippen molar-refractivity contribution in [3.8, 4) is 0 Å². The lowest BCUT2D eigenvalue weighted by Gasteiger charge is -2.31. The minimum atomic E-state index is -0.144. The molecule has 1 aromatic rings. The van der Waals surface area contributed by atoms with Crippen LogP contribution >= 0.6 is 0 Å². The molecule has 16 heavy (non-hydrogen) atoms. The summed E-state index contributed by atoms with van der Waals surface area (Å²) in [6.45, 7) is 8.99. The van der Waals surface area contributed by atoms with Crippen molar-refractivity contribution < 1.29 is 4.39 Å². The summed E-state index contributed by atoms with van der Waals surface area (Å²) >= 11 is 0. The van der Waals surface area contributed by atoms with Gasteiger partial charge in [-0.3, -0.25) is 4.90 Å². The van der Waals surface area contributed by atoms with Gasteiger partial charge in [0.15, 0.2) is 0 Å². The van der Waals surface area contributed by atoms with Crippen LogP contribution in [0.1, 0.15) is 38.7 Å². The smallest absolute Gasteiger partial charge is 0.123 e. The minimum absolute atomic E-state index is 0.144. The van der Waals surface area contributed by atoms with Gasteiger partial charge in [0.05, 0.1) is 0 Å². The molecule has 1 nitrogen and oxygen atoms in total. The number of hydrogen-bond acceptors (Lipinski definition) is 1. The summed E-state index contributed by atoms with van der Waals surface area (Å²) in [4.78, 5) is 2.50. The Labute approximate surface area is 97.3 Å². The number of nitrogens with zero attached hydrogens (tertiary/aromatic N) is 1. The molecular formula is C14H20FN. The molecule has 0 N–H and O–H groups in total. The lowest BCUT2D eigenvalue weighted by Crippen LogP contribution is -2.39. The zero-order chi connectivity index (χ0) is 11.8. The number of likely N-dealkylation sites (tertiary alicyclic amines) is 1. The molecule has 1 fully saturated rings. The topological polar surface area (TPSA) is 3.24 Å². The molecule has 0 bridgehead atoms. The van der Waals surface area contributed by atoms with Crippen molar-refractivity contribution in [1.82, 2.24) is 4.90 Å². The van der Waals surface area contributed by atoms with Crippen LogP contribution in [0.5, 0.6) is 0 Å². The maximum atomic E-state index is 12.8. The highest BCUT2D eigenvalue weighted by atomic mass is 19.1. The summed E-state index contributed by atoms with van der Waals surface area (Å²) in [7, 11) is 0. The van der Waals surface area contributed by atoms with Gasteiger partial charge in [-0.15, -0.1) is 0 Å². The Morgan fingerprint density at radius 3 is 2.31 bits per heavy atom. The third-order valence-electron chi connectivity index (χ3n) is 3.48. The highest BCUT2D eigenvalue weighted by Crippen LogP contribution is 2.31. The number of benzene rings is 1. The average Bonchev–Trinajstić information content (AvgIpc) is 2.67. The Morgan fingerprint density at radius 2 is 1.81 bits per heavy atom. The van der Waals surface area contributed by atoms with E-state index in [9.17, 15) is 4.39 Å². The SMILES string of the molecule is CC(C)(C)N1CCC(c2ccc(F)cc2)C1. The van der Waals surface area contributed by atoms with Gasteiger partial charge < -0.3 is 0 Å². The predicted octanol–water partition coefficient (Wildman–Crippen LogP) is 3.41. The molecule has 0 aromatic heterocycles. The molecule has 0 radical (unpaired) electrons. The van der Waals surface area contributed by atoms with E-state index in [0.717, 1.165) is 13.1 Å². The van der Waals surface area contributed by atoms with E-state index >= 15 is 0 Å². The maximum absolute atomic E-state index is 12.8. The quantitative estimate of drug-likeness (QED) is 0.702. The second kappa shape index (κ2) is 4.17.